The highest BCUT2D eigenvalue weighted by atomic mass is 35.5. The first-order chi connectivity index (χ1) is 10.7. The summed E-state index contributed by atoms with van der Waals surface area (Å²) in [6, 6.07) is 1.37. The molecule has 0 unspecified atom stereocenters. The number of sulfone groups is 1. The van der Waals surface area contributed by atoms with E-state index in [-0.39, 0.29) is 27.1 Å². The molecule has 1 heterocycles. The van der Waals surface area contributed by atoms with Gasteiger partial charge in [-0.3, -0.25) is 4.79 Å². The molecule has 0 saturated carbocycles. The van der Waals surface area contributed by atoms with Gasteiger partial charge in [0.05, 0.1) is 27.1 Å². The number of hydrogen-bond acceptors (Lipinski definition) is 5. The first-order valence-corrected chi connectivity index (χ1v) is 9.07. The Balaban J connectivity index is 1.89. The summed E-state index contributed by atoms with van der Waals surface area (Å²) < 4.78 is 40.6. The van der Waals surface area contributed by atoms with Crippen LogP contribution < -0.4 is 5.32 Å². The summed E-state index contributed by atoms with van der Waals surface area (Å²) in [5, 5.41) is 2.10. The number of nitrogens with one attached hydrogen (secondary N) is 1. The van der Waals surface area contributed by atoms with Crippen molar-refractivity contribution in [1.82, 2.24) is 5.32 Å². The fourth-order valence-electron chi connectivity index (χ4n) is 2.07. The van der Waals surface area contributed by atoms with Crippen molar-refractivity contribution in [3.8, 4) is 0 Å². The van der Waals surface area contributed by atoms with Crippen LogP contribution in [0, 0.1) is 5.82 Å². The molecule has 1 N–H and O–H groups in total. The van der Waals surface area contributed by atoms with E-state index in [0.29, 0.717) is 6.42 Å². The fraction of sp³-hybridized carbons (Fsp3) is 0.385. The van der Waals surface area contributed by atoms with Crippen molar-refractivity contribution < 1.29 is 27.1 Å². The van der Waals surface area contributed by atoms with E-state index in [1.807, 2.05) is 0 Å². The van der Waals surface area contributed by atoms with Crippen molar-refractivity contribution in [1.29, 1.82) is 0 Å². The normalized spacial score (nSPS) is 19.3. The van der Waals surface area contributed by atoms with Gasteiger partial charge < -0.3 is 10.1 Å². The second kappa shape index (κ2) is 7.02. The summed E-state index contributed by atoms with van der Waals surface area (Å²) in [5.74, 6) is -2.60. The molecule has 10 heteroatoms. The quantitative estimate of drug-likeness (QED) is 0.629. The molecule has 0 bridgehead atoms. The van der Waals surface area contributed by atoms with Gasteiger partial charge in [0.25, 0.3) is 5.91 Å². The summed E-state index contributed by atoms with van der Waals surface area (Å²) in [5.41, 5.74) is -0.259. The molecule has 0 aliphatic carbocycles. The standard InChI is InChI=1S/C13H12Cl2FNO5S/c14-9-4-10(15)11(16)3-8(9)13(19)22-5-12(18)17-7-1-2-23(20,21)6-7/h3-4,7H,1-2,5-6H2,(H,17,18)/t7-/m1/s1. The highest BCUT2D eigenvalue weighted by molar-refractivity contribution is 7.91. The Morgan fingerprint density at radius 2 is 2.00 bits per heavy atom. The van der Waals surface area contributed by atoms with Crippen LogP contribution in [0.5, 0.6) is 0 Å². The third-order valence-electron chi connectivity index (χ3n) is 3.16. The molecule has 0 spiro atoms. The summed E-state index contributed by atoms with van der Waals surface area (Å²) in [7, 11) is -3.12. The Bertz CT molecular complexity index is 753. The molecular formula is C13H12Cl2FNO5S. The smallest absolute Gasteiger partial charge is 0.340 e. The van der Waals surface area contributed by atoms with Crippen LogP contribution in [0.4, 0.5) is 4.39 Å². The van der Waals surface area contributed by atoms with Crippen LogP contribution in [0.2, 0.25) is 10.0 Å². The van der Waals surface area contributed by atoms with E-state index in [9.17, 15) is 22.4 Å². The number of ether oxygens (including phenoxy) is 1. The van der Waals surface area contributed by atoms with Gasteiger partial charge in [-0.15, -0.1) is 0 Å². The van der Waals surface area contributed by atoms with Gasteiger partial charge in [-0.05, 0) is 18.6 Å². The van der Waals surface area contributed by atoms with Gasteiger partial charge in [0.1, 0.15) is 5.82 Å². The van der Waals surface area contributed by atoms with Gasteiger partial charge in [0.2, 0.25) is 0 Å². The van der Waals surface area contributed by atoms with E-state index in [1.54, 1.807) is 0 Å². The van der Waals surface area contributed by atoms with Crippen molar-refractivity contribution >= 4 is 44.9 Å². The topological polar surface area (TPSA) is 89.5 Å². The lowest BCUT2D eigenvalue weighted by Gasteiger charge is -2.11. The van der Waals surface area contributed by atoms with Crippen LogP contribution in [0.25, 0.3) is 0 Å². The predicted octanol–water partition coefficient (Wildman–Crippen LogP) is 1.59. The number of carbonyl (C=O) groups excluding carboxylic acids is 2. The Hall–Kier alpha value is -1.38. The van der Waals surface area contributed by atoms with E-state index in [0.717, 1.165) is 12.1 Å². The summed E-state index contributed by atoms with van der Waals surface area (Å²) in [4.78, 5) is 23.4. The van der Waals surface area contributed by atoms with Gasteiger partial charge in [0.15, 0.2) is 16.4 Å². The second-order valence-electron chi connectivity index (χ2n) is 4.99. The lowest BCUT2D eigenvalue weighted by molar-refractivity contribution is -0.124. The van der Waals surface area contributed by atoms with Crippen molar-refractivity contribution in [3.63, 3.8) is 0 Å². The van der Waals surface area contributed by atoms with E-state index in [2.05, 4.69) is 5.32 Å². The number of carbonyl (C=O) groups is 2. The molecule has 23 heavy (non-hydrogen) atoms. The maximum atomic E-state index is 13.3. The number of amides is 1. The maximum absolute atomic E-state index is 13.3. The van der Waals surface area contributed by atoms with Crippen molar-refractivity contribution in [2.24, 2.45) is 0 Å². The second-order valence-corrected chi connectivity index (χ2v) is 8.03. The number of hydrogen-bond donors (Lipinski definition) is 1. The highest BCUT2D eigenvalue weighted by Gasteiger charge is 2.29. The van der Waals surface area contributed by atoms with Crippen LogP contribution in [-0.2, 0) is 19.4 Å². The first kappa shape index (κ1) is 18.0. The van der Waals surface area contributed by atoms with Gasteiger partial charge >= 0.3 is 5.97 Å². The molecular weight excluding hydrogens is 372 g/mol. The Morgan fingerprint density at radius 3 is 2.61 bits per heavy atom. The zero-order valence-corrected chi connectivity index (χ0v) is 14.0. The fourth-order valence-corrected chi connectivity index (χ4v) is 4.20. The molecule has 0 radical (unpaired) electrons. The van der Waals surface area contributed by atoms with E-state index in [4.69, 9.17) is 27.9 Å². The van der Waals surface area contributed by atoms with Crippen molar-refractivity contribution in [2.75, 3.05) is 18.1 Å². The van der Waals surface area contributed by atoms with Gasteiger partial charge in [0, 0.05) is 6.04 Å². The summed E-state index contributed by atoms with van der Waals surface area (Å²) in [6.07, 6.45) is 0.316. The van der Waals surface area contributed by atoms with Gasteiger partial charge in [-0.2, -0.15) is 0 Å². The Labute approximate surface area is 141 Å². The molecule has 1 atom stereocenters. The minimum atomic E-state index is -3.12. The molecule has 1 aliphatic rings. The monoisotopic (exact) mass is 383 g/mol. The first-order valence-electron chi connectivity index (χ1n) is 6.49. The number of halogens is 3. The Kier molecular flexibility index (Phi) is 5.49. The molecule has 1 amide bonds. The number of esters is 1. The van der Waals surface area contributed by atoms with Crippen molar-refractivity contribution in [2.45, 2.75) is 12.5 Å². The summed E-state index contributed by atoms with van der Waals surface area (Å²) >= 11 is 11.3. The number of rotatable bonds is 4. The van der Waals surface area contributed by atoms with E-state index < -0.39 is 40.2 Å². The molecule has 2 rings (SSSR count). The van der Waals surface area contributed by atoms with Crippen LogP contribution in [0.1, 0.15) is 16.8 Å². The van der Waals surface area contributed by atoms with Gasteiger partial charge in [-0.1, -0.05) is 23.2 Å². The molecule has 126 valence electrons. The van der Waals surface area contributed by atoms with Gasteiger partial charge in [-0.25, -0.2) is 17.6 Å². The summed E-state index contributed by atoms with van der Waals surface area (Å²) in [6.45, 7) is -0.629. The number of benzene rings is 1. The third-order valence-corrected chi connectivity index (χ3v) is 5.53. The maximum Gasteiger partial charge on any atom is 0.340 e. The molecule has 1 aliphatic heterocycles. The largest absolute Gasteiger partial charge is 0.452 e. The lowest BCUT2D eigenvalue weighted by Crippen LogP contribution is -2.38. The highest BCUT2D eigenvalue weighted by Crippen LogP contribution is 2.24. The van der Waals surface area contributed by atoms with E-state index >= 15 is 0 Å². The minimum Gasteiger partial charge on any atom is -0.452 e. The average molecular weight is 384 g/mol. The van der Waals surface area contributed by atoms with E-state index in [1.165, 1.54) is 0 Å². The molecule has 1 aromatic rings. The lowest BCUT2D eigenvalue weighted by atomic mass is 10.2. The van der Waals surface area contributed by atoms with Crippen LogP contribution in [0.3, 0.4) is 0 Å². The molecule has 1 saturated heterocycles. The zero-order valence-electron chi connectivity index (χ0n) is 11.6. The van der Waals surface area contributed by atoms with Crippen LogP contribution in [-0.4, -0.2) is 44.4 Å². The van der Waals surface area contributed by atoms with Crippen LogP contribution >= 0.6 is 23.2 Å². The minimum absolute atomic E-state index is 0.0113. The molecule has 6 nitrogen and oxygen atoms in total. The predicted molar refractivity (Wildman–Crippen MR) is 81.9 cm³/mol. The zero-order chi connectivity index (χ0) is 17.2. The SMILES string of the molecule is O=C(COC(=O)c1cc(F)c(Cl)cc1Cl)N[C@@H]1CCS(=O)(=O)C1. The third kappa shape index (κ3) is 4.79. The molecule has 0 aromatic heterocycles. The van der Waals surface area contributed by atoms with Crippen molar-refractivity contribution in [3.05, 3.63) is 33.6 Å². The Morgan fingerprint density at radius 1 is 1.30 bits per heavy atom. The van der Waals surface area contributed by atoms with Crippen LogP contribution in [0.15, 0.2) is 12.1 Å². The average Bonchev–Trinajstić information content (AvgIpc) is 2.79. The molecule has 1 fully saturated rings. The molecule has 1 aromatic carbocycles.